The van der Waals surface area contributed by atoms with Crippen LogP contribution in [0.15, 0.2) is 53.0 Å². The highest BCUT2D eigenvalue weighted by molar-refractivity contribution is 9.10. The molecule has 0 spiro atoms. The summed E-state index contributed by atoms with van der Waals surface area (Å²) in [7, 11) is 0. The van der Waals surface area contributed by atoms with Gasteiger partial charge in [0.15, 0.2) is 0 Å². The maximum atomic E-state index is 13.5. The second-order valence-corrected chi connectivity index (χ2v) is 5.46. The van der Waals surface area contributed by atoms with Crippen molar-refractivity contribution in [3.8, 4) is 0 Å². The summed E-state index contributed by atoms with van der Waals surface area (Å²) in [5, 5.41) is 2.76. The van der Waals surface area contributed by atoms with Gasteiger partial charge in [0.25, 0.3) is 0 Å². The van der Waals surface area contributed by atoms with Crippen molar-refractivity contribution in [2.75, 3.05) is 5.32 Å². The zero-order valence-electron chi connectivity index (χ0n) is 11.6. The molecule has 0 aliphatic heterocycles. The first-order valence-corrected chi connectivity index (χ1v) is 7.41. The number of carbonyl (C=O) groups is 1. The van der Waals surface area contributed by atoms with Crippen LogP contribution in [0.1, 0.15) is 18.1 Å². The minimum atomic E-state index is -0.366. The van der Waals surface area contributed by atoms with Crippen LogP contribution in [0.2, 0.25) is 0 Å². The summed E-state index contributed by atoms with van der Waals surface area (Å²) in [5.41, 5.74) is 2.25. The molecule has 0 bridgehead atoms. The van der Waals surface area contributed by atoms with Crippen LogP contribution in [-0.2, 0) is 11.2 Å². The first-order valence-electron chi connectivity index (χ1n) is 6.61. The number of anilines is 1. The molecule has 0 saturated carbocycles. The molecule has 4 heteroatoms. The molecule has 0 atom stereocenters. The molecular formula is C17H15BrFNO. The van der Waals surface area contributed by atoms with Gasteiger partial charge < -0.3 is 5.32 Å². The van der Waals surface area contributed by atoms with E-state index >= 15 is 0 Å². The van der Waals surface area contributed by atoms with Crippen LogP contribution < -0.4 is 5.32 Å². The normalized spacial score (nSPS) is 10.8. The fourth-order valence-electron chi connectivity index (χ4n) is 1.86. The van der Waals surface area contributed by atoms with Crippen LogP contribution in [0.5, 0.6) is 0 Å². The van der Waals surface area contributed by atoms with Crippen LogP contribution >= 0.6 is 15.9 Å². The highest BCUT2D eigenvalue weighted by Crippen LogP contribution is 2.17. The maximum absolute atomic E-state index is 13.5. The summed E-state index contributed by atoms with van der Waals surface area (Å²) >= 11 is 3.27. The monoisotopic (exact) mass is 347 g/mol. The Morgan fingerprint density at radius 3 is 2.86 bits per heavy atom. The van der Waals surface area contributed by atoms with Crippen molar-refractivity contribution >= 4 is 33.6 Å². The molecule has 0 aliphatic rings. The third-order valence-corrected chi connectivity index (χ3v) is 3.47. The van der Waals surface area contributed by atoms with E-state index in [2.05, 4.69) is 28.2 Å². The number of halogens is 2. The summed E-state index contributed by atoms with van der Waals surface area (Å²) < 4.78 is 14.3. The van der Waals surface area contributed by atoms with E-state index in [1.165, 1.54) is 18.2 Å². The van der Waals surface area contributed by atoms with E-state index < -0.39 is 0 Å². The number of benzene rings is 2. The molecular weight excluding hydrogens is 333 g/mol. The lowest BCUT2D eigenvalue weighted by atomic mass is 10.1. The van der Waals surface area contributed by atoms with Crippen molar-refractivity contribution in [2.45, 2.75) is 13.3 Å². The molecule has 0 radical (unpaired) electrons. The first-order chi connectivity index (χ1) is 10.1. The zero-order valence-corrected chi connectivity index (χ0v) is 13.2. The molecule has 2 aromatic carbocycles. The van der Waals surface area contributed by atoms with Crippen molar-refractivity contribution in [3.05, 3.63) is 70.0 Å². The van der Waals surface area contributed by atoms with Gasteiger partial charge in [-0.3, -0.25) is 4.79 Å². The molecule has 108 valence electrons. The fraction of sp³-hybridized carbons (Fsp3) is 0.118. The van der Waals surface area contributed by atoms with Crippen LogP contribution in [-0.4, -0.2) is 5.91 Å². The number of rotatable bonds is 4. The smallest absolute Gasteiger partial charge is 0.248 e. The molecule has 0 heterocycles. The summed E-state index contributed by atoms with van der Waals surface area (Å²) in [6.45, 7) is 2.05. The lowest BCUT2D eigenvalue weighted by molar-refractivity contribution is -0.111. The number of carbonyl (C=O) groups excluding carboxylic acids is 1. The van der Waals surface area contributed by atoms with Crippen LogP contribution in [0.25, 0.3) is 6.08 Å². The Kier molecular flexibility index (Phi) is 5.28. The number of hydrogen-bond acceptors (Lipinski definition) is 1. The highest BCUT2D eigenvalue weighted by Gasteiger charge is 2.02. The van der Waals surface area contributed by atoms with Crippen molar-refractivity contribution in [2.24, 2.45) is 0 Å². The van der Waals surface area contributed by atoms with Crippen molar-refractivity contribution in [3.63, 3.8) is 0 Å². The van der Waals surface area contributed by atoms with E-state index in [-0.39, 0.29) is 11.7 Å². The highest BCUT2D eigenvalue weighted by atomic mass is 79.9. The van der Waals surface area contributed by atoms with E-state index in [4.69, 9.17) is 0 Å². The molecule has 2 rings (SSSR count). The minimum absolute atomic E-state index is 0.289. The van der Waals surface area contributed by atoms with E-state index in [0.717, 1.165) is 22.1 Å². The van der Waals surface area contributed by atoms with Crippen LogP contribution in [0, 0.1) is 5.82 Å². The Labute approximate surface area is 131 Å². The molecule has 21 heavy (non-hydrogen) atoms. The molecule has 0 fully saturated rings. The molecule has 0 aliphatic carbocycles. The van der Waals surface area contributed by atoms with Gasteiger partial charge >= 0.3 is 0 Å². The van der Waals surface area contributed by atoms with Crippen molar-refractivity contribution < 1.29 is 9.18 Å². The van der Waals surface area contributed by atoms with Gasteiger partial charge in [0.1, 0.15) is 5.82 Å². The van der Waals surface area contributed by atoms with E-state index in [1.807, 2.05) is 24.3 Å². The van der Waals surface area contributed by atoms with Gasteiger partial charge in [0.05, 0.1) is 0 Å². The maximum Gasteiger partial charge on any atom is 0.248 e. The minimum Gasteiger partial charge on any atom is -0.323 e. The Morgan fingerprint density at radius 1 is 1.29 bits per heavy atom. The van der Waals surface area contributed by atoms with Gasteiger partial charge in [0, 0.05) is 21.8 Å². The van der Waals surface area contributed by atoms with Crippen molar-refractivity contribution in [1.29, 1.82) is 0 Å². The second-order valence-electron chi connectivity index (χ2n) is 4.54. The zero-order chi connectivity index (χ0) is 15.2. The summed E-state index contributed by atoms with van der Waals surface area (Å²) in [5.74, 6) is -0.655. The Balaban J connectivity index is 2.07. The number of nitrogens with one attached hydrogen (secondary N) is 1. The molecule has 0 aromatic heterocycles. The molecule has 2 aromatic rings. The first kappa shape index (κ1) is 15.4. The SMILES string of the molecule is CCc1cccc(NC(=O)/C=C/c2cc(Br)ccc2F)c1. The molecule has 2 nitrogen and oxygen atoms in total. The average Bonchev–Trinajstić information content (AvgIpc) is 2.48. The summed E-state index contributed by atoms with van der Waals surface area (Å²) in [6.07, 6.45) is 3.69. The quantitative estimate of drug-likeness (QED) is 0.790. The molecule has 0 saturated heterocycles. The van der Waals surface area contributed by atoms with Gasteiger partial charge in [0.2, 0.25) is 5.91 Å². The lowest BCUT2D eigenvalue weighted by Gasteiger charge is -2.04. The van der Waals surface area contributed by atoms with E-state index in [0.29, 0.717) is 5.56 Å². The van der Waals surface area contributed by atoms with Gasteiger partial charge in [-0.25, -0.2) is 4.39 Å². The van der Waals surface area contributed by atoms with Crippen molar-refractivity contribution in [1.82, 2.24) is 0 Å². The largest absolute Gasteiger partial charge is 0.323 e. The van der Waals surface area contributed by atoms with E-state index in [9.17, 15) is 9.18 Å². The third kappa shape index (κ3) is 4.53. The van der Waals surface area contributed by atoms with Gasteiger partial charge in [-0.05, 0) is 48.4 Å². The van der Waals surface area contributed by atoms with Crippen LogP contribution in [0.3, 0.4) is 0 Å². The lowest BCUT2D eigenvalue weighted by Crippen LogP contribution is -2.07. The van der Waals surface area contributed by atoms with Crippen LogP contribution in [0.4, 0.5) is 10.1 Å². The fourth-order valence-corrected chi connectivity index (χ4v) is 2.24. The Bertz CT molecular complexity index is 682. The van der Waals surface area contributed by atoms with E-state index in [1.54, 1.807) is 12.1 Å². The third-order valence-electron chi connectivity index (χ3n) is 2.98. The average molecular weight is 348 g/mol. The summed E-state index contributed by atoms with van der Waals surface area (Å²) in [6, 6.07) is 12.2. The number of aryl methyl sites for hydroxylation is 1. The standard InChI is InChI=1S/C17H15BrFNO/c1-2-12-4-3-5-15(10-12)20-17(21)9-6-13-11-14(18)7-8-16(13)19/h3-11H,2H2,1H3,(H,20,21)/b9-6+. The molecule has 0 unspecified atom stereocenters. The number of amides is 1. The Hall–Kier alpha value is -1.94. The van der Waals surface area contributed by atoms with Gasteiger partial charge in [-0.2, -0.15) is 0 Å². The summed E-state index contributed by atoms with van der Waals surface area (Å²) in [4.78, 5) is 11.8. The second kappa shape index (κ2) is 7.18. The molecule has 1 N–H and O–H groups in total. The predicted octanol–water partition coefficient (Wildman–Crippen LogP) is 4.80. The van der Waals surface area contributed by atoms with Gasteiger partial charge in [-0.15, -0.1) is 0 Å². The topological polar surface area (TPSA) is 29.1 Å². The predicted molar refractivity (Wildman–Crippen MR) is 87.6 cm³/mol. The van der Waals surface area contributed by atoms with Gasteiger partial charge in [-0.1, -0.05) is 35.0 Å². The number of hydrogen-bond donors (Lipinski definition) is 1. The Morgan fingerprint density at radius 2 is 2.10 bits per heavy atom. The molecule has 1 amide bonds.